The third kappa shape index (κ3) is 8.20. The molecule has 0 atom stereocenters. The molecule has 70 heavy (non-hydrogen) atoms. The first-order valence-electron chi connectivity index (χ1n) is 23.7. The van der Waals surface area contributed by atoms with Crippen molar-refractivity contribution in [3.05, 3.63) is 233 Å². The minimum absolute atomic E-state index is 0.0221. The van der Waals surface area contributed by atoms with Crippen molar-refractivity contribution >= 4 is 50.1 Å². The number of halogens is 1. The highest BCUT2D eigenvalue weighted by Crippen LogP contribution is 2.55. The van der Waals surface area contributed by atoms with Crippen LogP contribution in [-0.2, 0) is 10.8 Å². The van der Waals surface area contributed by atoms with Crippen molar-refractivity contribution in [3.8, 4) is 67.1 Å². The van der Waals surface area contributed by atoms with Gasteiger partial charge in [-0.25, -0.2) is 0 Å². The van der Waals surface area contributed by atoms with E-state index >= 15 is 0 Å². The Labute approximate surface area is 420 Å². The fourth-order valence-electron chi connectivity index (χ4n) is 10.8. The molecule has 0 fully saturated rings. The molecule has 10 aromatic rings. The zero-order chi connectivity index (χ0) is 48.7. The Balaban J connectivity index is 0.000000132. The maximum atomic E-state index is 9.22. The number of rotatable bonds is 6. The Bertz CT molecular complexity index is 3560. The molecular weight excluding hydrogens is 923 g/mol. The van der Waals surface area contributed by atoms with Gasteiger partial charge in [0.15, 0.2) is 0 Å². The molecule has 0 unspecified atom stereocenters. The lowest BCUT2D eigenvalue weighted by Gasteiger charge is -2.23. The second kappa shape index (κ2) is 18.9. The first kappa shape index (κ1) is 46.5. The van der Waals surface area contributed by atoms with Crippen LogP contribution in [0.25, 0.3) is 77.2 Å². The van der Waals surface area contributed by atoms with Crippen molar-refractivity contribution in [2.75, 3.05) is 14.2 Å². The van der Waals surface area contributed by atoms with E-state index in [2.05, 4.69) is 195 Å². The van der Waals surface area contributed by atoms with Crippen molar-refractivity contribution in [3.63, 3.8) is 0 Å². The van der Waals surface area contributed by atoms with Crippen LogP contribution in [0.15, 0.2) is 211 Å². The zero-order valence-electron chi connectivity index (χ0n) is 40.3. The molecule has 2 aliphatic carbocycles. The molecule has 344 valence electrons. The van der Waals surface area contributed by atoms with E-state index in [4.69, 9.17) is 9.47 Å². The minimum Gasteiger partial charge on any atom is -0.496 e. The zero-order valence-corrected chi connectivity index (χ0v) is 41.9. The molecule has 0 saturated carbocycles. The molecule has 0 amide bonds. The van der Waals surface area contributed by atoms with E-state index in [0.717, 1.165) is 27.1 Å². The standard InChI is InChI=1S/C32H26O.C20H17BrO.C12H11BO2/c1-32(2)28-19-22(24-14-8-7-13-23(24)21-11-5-4-6-12-21)17-18-27(28)31-26-16-10-9-15-25(26)30(33-3)20-29(31)32;1-20(2)16-10-12(21)8-9-15(16)19-14-7-5-4-6-13(14)18(22-3)11-17(19)20;14-13(15)12-9-5-4-8-11(12)10-6-2-1-3-7-10/h4-20H,1-3H3;4-11H,1-3H3;1-9,14-15H. The van der Waals surface area contributed by atoms with Crippen LogP contribution in [0.2, 0.25) is 0 Å². The predicted molar refractivity (Wildman–Crippen MR) is 296 cm³/mol. The summed E-state index contributed by atoms with van der Waals surface area (Å²) >= 11 is 3.61. The van der Waals surface area contributed by atoms with E-state index in [1.54, 1.807) is 26.4 Å². The van der Waals surface area contributed by atoms with Gasteiger partial charge in [-0.1, -0.05) is 220 Å². The van der Waals surface area contributed by atoms with Crippen LogP contribution in [0.4, 0.5) is 0 Å². The summed E-state index contributed by atoms with van der Waals surface area (Å²) in [5.41, 5.74) is 18.0. The Morgan fingerprint density at radius 1 is 0.371 bits per heavy atom. The Hall–Kier alpha value is -7.22. The monoisotopic (exact) mass is 976 g/mol. The largest absolute Gasteiger partial charge is 0.496 e. The Kier molecular flexibility index (Phi) is 12.6. The summed E-state index contributed by atoms with van der Waals surface area (Å²) < 4.78 is 12.6. The molecule has 0 spiro atoms. The van der Waals surface area contributed by atoms with E-state index in [-0.39, 0.29) is 10.8 Å². The van der Waals surface area contributed by atoms with Crippen molar-refractivity contribution in [1.29, 1.82) is 0 Å². The van der Waals surface area contributed by atoms with Gasteiger partial charge in [0.1, 0.15) is 11.5 Å². The van der Waals surface area contributed by atoms with Crippen molar-refractivity contribution in [2.24, 2.45) is 0 Å². The normalized spacial score (nSPS) is 13.2. The molecule has 4 nitrogen and oxygen atoms in total. The summed E-state index contributed by atoms with van der Waals surface area (Å²) in [4.78, 5) is 0. The van der Waals surface area contributed by atoms with Gasteiger partial charge in [0.05, 0.1) is 14.2 Å². The highest BCUT2D eigenvalue weighted by molar-refractivity contribution is 9.10. The molecule has 0 aromatic heterocycles. The minimum atomic E-state index is -1.43. The number of ether oxygens (including phenoxy) is 2. The summed E-state index contributed by atoms with van der Waals surface area (Å²) in [6, 6.07) is 71.5. The molecule has 0 heterocycles. The fraction of sp³-hybridized carbons (Fsp3) is 0.125. The first-order valence-corrected chi connectivity index (χ1v) is 24.5. The third-order valence-electron chi connectivity index (χ3n) is 14.3. The van der Waals surface area contributed by atoms with E-state index in [1.165, 1.54) is 88.3 Å². The van der Waals surface area contributed by atoms with Gasteiger partial charge < -0.3 is 19.5 Å². The van der Waals surface area contributed by atoms with Gasteiger partial charge in [-0.15, -0.1) is 0 Å². The maximum Gasteiger partial charge on any atom is 0.489 e. The summed E-state index contributed by atoms with van der Waals surface area (Å²) in [6.45, 7) is 9.24. The van der Waals surface area contributed by atoms with E-state index in [1.807, 2.05) is 42.5 Å². The highest BCUT2D eigenvalue weighted by Gasteiger charge is 2.39. The summed E-state index contributed by atoms with van der Waals surface area (Å²) in [6.07, 6.45) is 0. The van der Waals surface area contributed by atoms with Gasteiger partial charge in [-0.05, 0) is 124 Å². The SMILES string of the molecule is COc1cc2c(c3ccccc13)-c1ccc(-c3ccccc3-c3ccccc3)cc1C2(C)C.COc1cc2c(c3ccccc13)-c1ccc(Br)cc1C2(C)C.OB(O)c1ccccc1-c1ccccc1. The van der Waals surface area contributed by atoms with Gasteiger partial charge in [-0.2, -0.15) is 0 Å². The number of hydrogen-bond donors (Lipinski definition) is 2. The van der Waals surface area contributed by atoms with E-state index < -0.39 is 7.12 Å². The number of fused-ring (bicyclic) bond motifs is 10. The first-order chi connectivity index (χ1) is 33.9. The molecule has 12 rings (SSSR count). The summed E-state index contributed by atoms with van der Waals surface area (Å²) in [5.74, 6) is 1.90. The van der Waals surface area contributed by atoms with Crippen LogP contribution in [0, 0.1) is 0 Å². The second-order valence-electron chi connectivity index (χ2n) is 19.0. The van der Waals surface area contributed by atoms with Gasteiger partial charge in [0.2, 0.25) is 0 Å². The van der Waals surface area contributed by atoms with Crippen molar-refractivity contribution in [2.45, 2.75) is 38.5 Å². The van der Waals surface area contributed by atoms with Gasteiger partial charge in [0, 0.05) is 26.1 Å². The van der Waals surface area contributed by atoms with E-state index in [0.29, 0.717) is 5.46 Å². The lowest BCUT2D eigenvalue weighted by Crippen LogP contribution is -2.31. The summed E-state index contributed by atoms with van der Waals surface area (Å²) in [5, 5.41) is 23.3. The Morgan fingerprint density at radius 2 is 0.771 bits per heavy atom. The lowest BCUT2D eigenvalue weighted by molar-refractivity contribution is 0.418. The average molecular weight is 978 g/mol. The van der Waals surface area contributed by atoms with Gasteiger partial charge >= 0.3 is 7.12 Å². The molecule has 2 aliphatic rings. The number of hydrogen-bond acceptors (Lipinski definition) is 4. The molecule has 10 aromatic carbocycles. The van der Waals surface area contributed by atoms with Crippen molar-refractivity contribution in [1.82, 2.24) is 0 Å². The van der Waals surface area contributed by atoms with Crippen LogP contribution in [0.3, 0.4) is 0 Å². The second-order valence-corrected chi connectivity index (χ2v) is 19.9. The molecule has 0 radical (unpaired) electrons. The fourth-order valence-corrected chi connectivity index (χ4v) is 11.1. The van der Waals surface area contributed by atoms with Crippen LogP contribution >= 0.6 is 15.9 Å². The Morgan fingerprint density at radius 3 is 1.27 bits per heavy atom. The van der Waals surface area contributed by atoms with E-state index in [9.17, 15) is 10.0 Å². The molecule has 0 saturated heterocycles. The van der Waals surface area contributed by atoms with Crippen molar-refractivity contribution < 1.29 is 19.5 Å². The van der Waals surface area contributed by atoms with Crippen LogP contribution in [0.5, 0.6) is 11.5 Å². The molecular formula is C64H54BBrO4. The number of benzene rings is 10. The molecule has 6 heteroatoms. The topological polar surface area (TPSA) is 58.9 Å². The van der Waals surface area contributed by atoms with Crippen LogP contribution in [-0.4, -0.2) is 31.4 Å². The molecule has 0 bridgehead atoms. The predicted octanol–water partition coefficient (Wildman–Crippen LogP) is 15.4. The average Bonchev–Trinajstić information content (AvgIpc) is 3.77. The highest BCUT2D eigenvalue weighted by atomic mass is 79.9. The van der Waals surface area contributed by atoms with Crippen LogP contribution < -0.4 is 14.9 Å². The molecule has 0 aliphatic heterocycles. The number of methoxy groups -OCH3 is 2. The summed E-state index contributed by atoms with van der Waals surface area (Å²) in [7, 11) is 2.09. The third-order valence-corrected chi connectivity index (χ3v) is 14.8. The molecule has 2 N–H and O–H groups in total. The van der Waals surface area contributed by atoms with Gasteiger partial charge in [-0.3, -0.25) is 0 Å². The maximum absolute atomic E-state index is 9.22. The lowest BCUT2D eigenvalue weighted by atomic mass is 9.75. The smallest absolute Gasteiger partial charge is 0.489 e. The quantitative estimate of drug-likeness (QED) is 0.163. The van der Waals surface area contributed by atoms with Crippen LogP contribution in [0.1, 0.15) is 49.9 Å². The van der Waals surface area contributed by atoms with Gasteiger partial charge in [0.25, 0.3) is 0 Å².